The van der Waals surface area contributed by atoms with Crippen LogP contribution in [0.15, 0.2) is 10.5 Å². The monoisotopic (exact) mass is 382 g/mol. The van der Waals surface area contributed by atoms with Gasteiger partial charge in [0.15, 0.2) is 11.5 Å². The molecule has 0 atom stereocenters. The van der Waals surface area contributed by atoms with E-state index < -0.39 is 9.05 Å². The van der Waals surface area contributed by atoms with Crippen LogP contribution in [0.4, 0.5) is 0 Å². The molecule has 112 valence electrons. The number of benzene rings is 1. The number of rotatable bonds is 3. The average molecular weight is 384 g/mol. The molecular formula is C13H16BrClO4S. The second-order valence-electron chi connectivity index (χ2n) is 4.98. The molecule has 1 aromatic carbocycles. The molecule has 0 amide bonds. The van der Waals surface area contributed by atoms with Gasteiger partial charge in [-0.25, -0.2) is 8.42 Å². The largest absolute Gasteiger partial charge is 0.489 e. The second kappa shape index (κ2) is 6.12. The molecular weight excluding hydrogens is 368 g/mol. The van der Waals surface area contributed by atoms with Crippen molar-refractivity contribution in [1.82, 2.24) is 0 Å². The van der Waals surface area contributed by atoms with Crippen LogP contribution in [0.2, 0.25) is 0 Å². The van der Waals surface area contributed by atoms with Crippen molar-refractivity contribution in [3.05, 3.63) is 21.7 Å². The first kappa shape index (κ1) is 15.9. The SMILES string of the molecule is CC(C)c1c(CS(=O)(=O)Cl)cc(Br)c2c1OCCCO2. The second-order valence-corrected chi connectivity index (χ2v) is 8.61. The zero-order chi connectivity index (χ0) is 14.9. The van der Waals surface area contributed by atoms with Gasteiger partial charge in [0.1, 0.15) is 0 Å². The fourth-order valence-corrected chi connectivity index (χ4v) is 3.83. The van der Waals surface area contributed by atoms with Crippen LogP contribution >= 0.6 is 26.6 Å². The first-order valence-electron chi connectivity index (χ1n) is 6.33. The zero-order valence-corrected chi connectivity index (χ0v) is 14.4. The van der Waals surface area contributed by atoms with Gasteiger partial charge in [-0.2, -0.15) is 0 Å². The van der Waals surface area contributed by atoms with Crippen molar-refractivity contribution in [1.29, 1.82) is 0 Å². The molecule has 20 heavy (non-hydrogen) atoms. The van der Waals surface area contributed by atoms with Gasteiger partial charge in [0.25, 0.3) is 0 Å². The molecule has 0 fully saturated rings. The fraction of sp³-hybridized carbons (Fsp3) is 0.538. The van der Waals surface area contributed by atoms with E-state index in [0.717, 1.165) is 12.0 Å². The molecule has 2 rings (SSSR count). The van der Waals surface area contributed by atoms with E-state index in [4.69, 9.17) is 20.2 Å². The summed E-state index contributed by atoms with van der Waals surface area (Å²) in [4.78, 5) is 0. The van der Waals surface area contributed by atoms with E-state index in [9.17, 15) is 8.42 Å². The van der Waals surface area contributed by atoms with Crippen LogP contribution in [0.1, 0.15) is 37.3 Å². The molecule has 1 aromatic rings. The zero-order valence-electron chi connectivity index (χ0n) is 11.3. The Bertz CT molecular complexity index is 613. The predicted octanol–water partition coefficient (Wildman–Crippen LogP) is 3.80. The molecule has 7 heteroatoms. The molecule has 0 aliphatic carbocycles. The lowest BCUT2D eigenvalue weighted by molar-refractivity contribution is 0.295. The quantitative estimate of drug-likeness (QED) is 0.745. The van der Waals surface area contributed by atoms with Gasteiger partial charge in [-0.1, -0.05) is 13.8 Å². The number of fused-ring (bicyclic) bond motifs is 1. The van der Waals surface area contributed by atoms with Gasteiger partial charge in [-0.05, 0) is 33.5 Å². The number of hydrogen-bond acceptors (Lipinski definition) is 4. The maximum Gasteiger partial charge on any atom is 0.236 e. The lowest BCUT2D eigenvalue weighted by Crippen LogP contribution is -2.06. The Morgan fingerprint density at radius 2 is 1.90 bits per heavy atom. The summed E-state index contributed by atoms with van der Waals surface area (Å²) in [5.41, 5.74) is 1.49. The minimum absolute atomic E-state index is 0.104. The Kier molecular flexibility index (Phi) is 4.87. The van der Waals surface area contributed by atoms with Gasteiger partial charge in [-0.15, -0.1) is 0 Å². The molecule has 4 nitrogen and oxygen atoms in total. The van der Waals surface area contributed by atoms with Crippen LogP contribution in [-0.4, -0.2) is 21.6 Å². The summed E-state index contributed by atoms with van der Waals surface area (Å²) < 4.78 is 35.0. The Balaban J connectivity index is 2.63. The highest BCUT2D eigenvalue weighted by Crippen LogP contribution is 2.45. The molecule has 0 unspecified atom stereocenters. The third-order valence-electron chi connectivity index (χ3n) is 3.00. The first-order valence-corrected chi connectivity index (χ1v) is 9.60. The number of hydrogen-bond donors (Lipinski definition) is 0. The minimum atomic E-state index is -3.63. The molecule has 0 bridgehead atoms. The van der Waals surface area contributed by atoms with Gasteiger partial charge >= 0.3 is 0 Å². The summed E-state index contributed by atoms with van der Waals surface area (Å²) in [5.74, 6) is 1.15. The van der Waals surface area contributed by atoms with Gasteiger partial charge in [-0.3, -0.25) is 0 Å². The lowest BCUT2D eigenvalue weighted by atomic mass is 9.96. The van der Waals surface area contributed by atoms with E-state index in [1.54, 1.807) is 6.07 Å². The molecule has 1 aliphatic rings. The summed E-state index contributed by atoms with van der Waals surface area (Å²) in [7, 11) is 1.77. The van der Waals surface area contributed by atoms with Crippen molar-refractivity contribution >= 4 is 35.7 Å². The van der Waals surface area contributed by atoms with Gasteiger partial charge in [0, 0.05) is 22.7 Å². The van der Waals surface area contributed by atoms with E-state index in [1.165, 1.54) is 0 Å². The van der Waals surface area contributed by atoms with Crippen molar-refractivity contribution in [3.8, 4) is 11.5 Å². The Morgan fingerprint density at radius 1 is 1.30 bits per heavy atom. The van der Waals surface area contributed by atoms with Crippen LogP contribution in [0, 0.1) is 0 Å². The summed E-state index contributed by atoms with van der Waals surface area (Å²) in [6.07, 6.45) is 0.793. The Labute approximate surface area is 132 Å². The highest BCUT2D eigenvalue weighted by Gasteiger charge is 2.25. The molecule has 0 spiro atoms. The Hall–Kier alpha value is -0.460. The molecule has 0 aromatic heterocycles. The van der Waals surface area contributed by atoms with Gasteiger partial charge < -0.3 is 9.47 Å². The highest BCUT2D eigenvalue weighted by molar-refractivity contribution is 9.10. The van der Waals surface area contributed by atoms with Crippen LogP contribution in [0.3, 0.4) is 0 Å². The molecule has 0 N–H and O–H groups in total. The van der Waals surface area contributed by atoms with Crippen LogP contribution < -0.4 is 9.47 Å². The van der Waals surface area contributed by atoms with Gasteiger partial charge in [0.2, 0.25) is 9.05 Å². The van der Waals surface area contributed by atoms with Gasteiger partial charge in [0.05, 0.1) is 23.4 Å². The van der Waals surface area contributed by atoms with E-state index in [0.29, 0.717) is 34.7 Å². The molecule has 1 heterocycles. The molecule has 0 radical (unpaired) electrons. The fourth-order valence-electron chi connectivity index (χ4n) is 2.30. The smallest absolute Gasteiger partial charge is 0.236 e. The molecule has 0 saturated carbocycles. The topological polar surface area (TPSA) is 52.6 Å². The van der Waals surface area contributed by atoms with Crippen LogP contribution in [0.25, 0.3) is 0 Å². The number of halogens is 2. The summed E-state index contributed by atoms with van der Waals surface area (Å²) in [6.45, 7) is 5.11. The summed E-state index contributed by atoms with van der Waals surface area (Å²) in [6, 6.07) is 1.75. The predicted molar refractivity (Wildman–Crippen MR) is 82.3 cm³/mol. The van der Waals surface area contributed by atoms with Crippen molar-refractivity contribution in [2.75, 3.05) is 13.2 Å². The van der Waals surface area contributed by atoms with Crippen molar-refractivity contribution in [2.45, 2.75) is 31.9 Å². The van der Waals surface area contributed by atoms with E-state index in [2.05, 4.69) is 15.9 Å². The van der Waals surface area contributed by atoms with Crippen LogP contribution in [0.5, 0.6) is 11.5 Å². The average Bonchev–Trinajstić information content (AvgIpc) is 2.52. The first-order chi connectivity index (χ1) is 9.29. The summed E-state index contributed by atoms with van der Waals surface area (Å²) >= 11 is 3.42. The van der Waals surface area contributed by atoms with E-state index in [1.807, 2.05) is 13.8 Å². The molecule has 0 saturated heterocycles. The van der Waals surface area contributed by atoms with Crippen LogP contribution in [-0.2, 0) is 14.8 Å². The van der Waals surface area contributed by atoms with E-state index in [-0.39, 0.29) is 11.7 Å². The lowest BCUT2D eigenvalue weighted by Gasteiger charge is -2.20. The normalized spacial score (nSPS) is 15.2. The molecule has 1 aliphatic heterocycles. The van der Waals surface area contributed by atoms with Crippen molar-refractivity contribution in [2.24, 2.45) is 0 Å². The maximum absolute atomic E-state index is 11.4. The standard InChI is InChI=1S/C13H16BrClO4S/c1-8(2)11-9(7-20(15,16)17)6-10(14)12-13(11)19-5-3-4-18-12/h6,8H,3-5,7H2,1-2H3. The number of ether oxygens (including phenoxy) is 2. The maximum atomic E-state index is 11.4. The summed E-state index contributed by atoms with van der Waals surface area (Å²) in [5, 5.41) is 0. The van der Waals surface area contributed by atoms with Crippen molar-refractivity contribution in [3.63, 3.8) is 0 Å². The highest BCUT2D eigenvalue weighted by atomic mass is 79.9. The van der Waals surface area contributed by atoms with E-state index >= 15 is 0 Å². The third-order valence-corrected chi connectivity index (χ3v) is 4.57. The third kappa shape index (κ3) is 3.59. The minimum Gasteiger partial charge on any atom is -0.489 e. The Morgan fingerprint density at radius 3 is 2.45 bits per heavy atom. The van der Waals surface area contributed by atoms with Crippen molar-refractivity contribution < 1.29 is 17.9 Å².